The van der Waals surface area contributed by atoms with Gasteiger partial charge in [0.15, 0.2) is 5.78 Å². The summed E-state index contributed by atoms with van der Waals surface area (Å²) in [5, 5.41) is 20.6. The number of thioether (sulfide) groups is 1. The maximum absolute atomic E-state index is 12.4. The first-order valence-electron chi connectivity index (χ1n) is 9.20. The molecular weight excluding hydrogens is 400 g/mol. The number of likely N-dealkylation sites (tertiary alicyclic amines) is 1. The number of hydrogen-bond donors (Lipinski definition) is 3. The lowest BCUT2D eigenvalue weighted by atomic mass is 10.1. The predicted octanol–water partition coefficient (Wildman–Crippen LogP) is -0.233. The molecule has 29 heavy (non-hydrogen) atoms. The first-order valence-corrected chi connectivity index (χ1v) is 10.3. The van der Waals surface area contributed by atoms with Crippen LogP contribution < -0.4 is 5.32 Å². The molecular formula is C19H22N2O7S. The van der Waals surface area contributed by atoms with Gasteiger partial charge in [0.2, 0.25) is 12.1 Å². The number of aliphatic hydroxyl groups excluding tert-OH is 1. The quantitative estimate of drug-likeness (QED) is 0.465. The molecule has 0 spiro atoms. The van der Waals surface area contributed by atoms with E-state index in [0.717, 1.165) is 28.6 Å². The third-order valence-corrected chi connectivity index (χ3v) is 6.07. The Balaban J connectivity index is 1.63. The van der Waals surface area contributed by atoms with Crippen molar-refractivity contribution in [2.45, 2.75) is 43.0 Å². The summed E-state index contributed by atoms with van der Waals surface area (Å²) in [4.78, 5) is 48.8. The van der Waals surface area contributed by atoms with Crippen LogP contribution in [-0.4, -0.2) is 74.8 Å². The van der Waals surface area contributed by atoms with Crippen LogP contribution in [0.15, 0.2) is 30.3 Å². The zero-order valence-electron chi connectivity index (χ0n) is 15.5. The monoisotopic (exact) mass is 422 g/mol. The fourth-order valence-electron chi connectivity index (χ4n) is 3.27. The fourth-order valence-corrected chi connectivity index (χ4v) is 4.55. The second-order valence-electron chi connectivity index (χ2n) is 6.83. The highest BCUT2D eigenvalue weighted by Gasteiger charge is 2.53. The van der Waals surface area contributed by atoms with Gasteiger partial charge in [-0.1, -0.05) is 30.3 Å². The molecule has 2 heterocycles. The molecule has 3 N–H and O–H groups in total. The number of β-lactam (4-membered cyclic amide) rings is 1. The van der Waals surface area contributed by atoms with Crippen molar-refractivity contribution < 1.29 is 34.1 Å². The molecule has 9 nitrogen and oxygen atoms in total. The van der Waals surface area contributed by atoms with E-state index < -0.39 is 41.5 Å². The lowest BCUT2D eigenvalue weighted by Gasteiger charge is -2.47. The van der Waals surface area contributed by atoms with Crippen molar-refractivity contribution in [3.05, 3.63) is 35.9 Å². The number of benzene rings is 1. The van der Waals surface area contributed by atoms with Gasteiger partial charge in [0.25, 0.3) is 5.91 Å². The van der Waals surface area contributed by atoms with Crippen LogP contribution in [0.2, 0.25) is 0 Å². The Morgan fingerprint density at radius 1 is 1.28 bits per heavy atom. The summed E-state index contributed by atoms with van der Waals surface area (Å²) < 4.78 is 5.33. The first-order chi connectivity index (χ1) is 13.9. The van der Waals surface area contributed by atoms with Crippen LogP contribution in [0, 0.1) is 0 Å². The molecule has 2 fully saturated rings. The summed E-state index contributed by atoms with van der Waals surface area (Å²) in [6.07, 6.45) is -1.06. The van der Waals surface area contributed by atoms with E-state index in [1.807, 2.05) is 6.07 Å². The van der Waals surface area contributed by atoms with Crippen molar-refractivity contribution in [3.8, 4) is 0 Å². The van der Waals surface area contributed by atoms with Gasteiger partial charge in [0.1, 0.15) is 17.5 Å². The number of amides is 2. The molecule has 156 valence electrons. The molecule has 0 radical (unpaired) electrons. The van der Waals surface area contributed by atoms with E-state index in [0.29, 0.717) is 13.0 Å². The number of aliphatic carboxylic acids is 1. The average Bonchev–Trinajstić information content (AvgIpc) is 3.24. The minimum Gasteiger partial charge on any atom is -0.478 e. The summed E-state index contributed by atoms with van der Waals surface area (Å²) in [6, 6.07) is 7.93. The zero-order valence-corrected chi connectivity index (χ0v) is 16.3. The standard InChI is InChI=1S/C19H22N2O7S/c22-12(13-7-4-8-28-13)10-29-18-15(16(24)21(18)17(25)19(26)27)20-14(23)9-11-5-2-1-3-6-11/h1-3,5-6,13,15,17-18,25H,4,7-10H2,(H,20,23)(H,26,27)/t13-,15+,17?,18+/m0/s1. The molecule has 2 amide bonds. The molecule has 4 atom stereocenters. The Bertz CT molecular complexity index is 782. The van der Waals surface area contributed by atoms with Crippen LogP contribution >= 0.6 is 11.8 Å². The Kier molecular flexibility index (Phi) is 6.88. The molecule has 0 bridgehead atoms. The Morgan fingerprint density at radius 3 is 2.62 bits per heavy atom. The topological polar surface area (TPSA) is 133 Å². The van der Waals surface area contributed by atoms with E-state index in [1.165, 1.54) is 0 Å². The number of Topliss-reactive ketones (excluding diaryl/α,β-unsaturated/α-hetero) is 1. The molecule has 10 heteroatoms. The number of rotatable bonds is 9. The van der Waals surface area contributed by atoms with E-state index >= 15 is 0 Å². The van der Waals surface area contributed by atoms with Gasteiger partial charge < -0.3 is 20.3 Å². The normalized spacial score (nSPS) is 24.7. The minimum absolute atomic E-state index is 0.0174. The Labute approximate surface area is 171 Å². The Morgan fingerprint density at radius 2 is 2.00 bits per heavy atom. The number of carboxylic acids is 1. The van der Waals surface area contributed by atoms with E-state index in [-0.39, 0.29) is 18.0 Å². The van der Waals surface area contributed by atoms with Crippen molar-refractivity contribution in [2.24, 2.45) is 0 Å². The molecule has 1 unspecified atom stereocenters. The summed E-state index contributed by atoms with van der Waals surface area (Å²) in [7, 11) is 0. The third-order valence-electron chi connectivity index (χ3n) is 4.77. The van der Waals surface area contributed by atoms with E-state index in [2.05, 4.69) is 5.32 Å². The lowest BCUT2D eigenvalue weighted by Crippen LogP contribution is -2.73. The molecule has 2 aliphatic rings. The van der Waals surface area contributed by atoms with Gasteiger partial charge in [0, 0.05) is 6.61 Å². The average molecular weight is 422 g/mol. The summed E-state index contributed by atoms with van der Waals surface area (Å²) in [6.45, 7) is 0.519. The molecule has 2 saturated heterocycles. The van der Waals surface area contributed by atoms with Gasteiger partial charge in [-0.2, -0.15) is 0 Å². The van der Waals surface area contributed by atoms with E-state index in [9.17, 15) is 24.3 Å². The number of carbonyl (C=O) groups is 4. The molecule has 2 aliphatic heterocycles. The SMILES string of the molecule is O=C(Cc1ccccc1)N[C@@H]1C(=O)N(C(O)C(=O)O)[C@@H]1SCC(=O)[C@@H]1CCCO1. The van der Waals surface area contributed by atoms with Crippen LogP contribution in [0.5, 0.6) is 0 Å². The van der Waals surface area contributed by atoms with Crippen LogP contribution in [0.3, 0.4) is 0 Å². The smallest absolute Gasteiger partial charge is 0.354 e. The first kappa shape index (κ1) is 21.3. The molecule has 1 aromatic carbocycles. The molecule has 0 saturated carbocycles. The maximum atomic E-state index is 12.4. The van der Waals surface area contributed by atoms with Crippen molar-refractivity contribution in [1.82, 2.24) is 10.2 Å². The number of carboxylic acid groups (broad SMARTS) is 1. The maximum Gasteiger partial charge on any atom is 0.354 e. The van der Waals surface area contributed by atoms with Crippen molar-refractivity contribution >= 4 is 35.3 Å². The number of nitrogens with zero attached hydrogens (tertiary/aromatic N) is 1. The summed E-state index contributed by atoms with van der Waals surface area (Å²) in [5.41, 5.74) is 0.761. The minimum atomic E-state index is -2.04. The number of nitrogens with one attached hydrogen (secondary N) is 1. The second kappa shape index (κ2) is 9.38. The van der Waals surface area contributed by atoms with Gasteiger partial charge in [-0.15, -0.1) is 11.8 Å². The summed E-state index contributed by atoms with van der Waals surface area (Å²) in [5.74, 6) is -2.87. The summed E-state index contributed by atoms with van der Waals surface area (Å²) >= 11 is 1.01. The van der Waals surface area contributed by atoms with Gasteiger partial charge in [-0.05, 0) is 18.4 Å². The Hall–Kier alpha value is -2.43. The highest BCUT2D eigenvalue weighted by molar-refractivity contribution is 8.00. The molecule has 0 aromatic heterocycles. The molecule has 1 aromatic rings. The lowest BCUT2D eigenvalue weighted by molar-refractivity contribution is -0.178. The van der Waals surface area contributed by atoms with E-state index in [1.54, 1.807) is 24.3 Å². The van der Waals surface area contributed by atoms with Crippen molar-refractivity contribution in [1.29, 1.82) is 0 Å². The molecule has 0 aliphatic carbocycles. The number of ether oxygens (including phenoxy) is 1. The largest absolute Gasteiger partial charge is 0.478 e. The van der Waals surface area contributed by atoms with Crippen LogP contribution in [0.25, 0.3) is 0 Å². The number of aliphatic hydroxyl groups is 1. The third kappa shape index (κ3) is 4.95. The van der Waals surface area contributed by atoms with E-state index in [4.69, 9.17) is 9.84 Å². The molecule has 3 rings (SSSR count). The van der Waals surface area contributed by atoms with Crippen LogP contribution in [-0.2, 0) is 30.3 Å². The highest BCUT2D eigenvalue weighted by Crippen LogP contribution is 2.32. The fraction of sp³-hybridized carbons (Fsp3) is 0.474. The van der Waals surface area contributed by atoms with Gasteiger partial charge in [-0.3, -0.25) is 19.3 Å². The number of ketones is 1. The highest BCUT2D eigenvalue weighted by atomic mass is 32.2. The van der Waals surface area contributed by atoms with Crippen LogP contribution in [0.4, 0.5) is 0 Å². The number of carbonyl (C=O) groups excluding carboxylic acids is 3. The van der Waals surface area contributed by atoms with Gasteiger partial charge in [-0.25, -0.2) is 4.79 Å². The number of hydrogen-bond acceptors (Lipinski definition) is 7. The van der Waals surface area contributed by atoms with Gasteiger partial charge >= 0.3 is 5.97 Å². The van der Waals surface area contributed by atoms with Crippen molar-refractivity contribution in [3.63, 3.8) is 0 Å². The van der Waals surface area contributed by atoms with Crippen LogP contribution in [0.1, 0.15) is 18.4 Å². The second-order valence-corrected chi connectivity index (χ2v) is 7.94. The predicted molar refractivity (Wildman–Crippen MR) is 103 cm³/mol. The van der Waals surface area contributed by atoms with Crippen molar-refractivity contribution in [2.75, 3.05) is 12.4 Å². The zero-order chi connectivity index (χ0) is 21.0. The van der Waals surface area contributed by atoms with Gasteiger partial charge in [0.05, 0.1) is 12.2 Å².